The third kappa shape index (κ3) is 5.13. The fourth-order valence-electron chi connectivity index (χ4n) is 2.57. The van der Waals surface area contributed by atoms with E-state index in [1.165, 1.54) is 6.20 Å². The Morgan fingerprint density at radius 1 is 1.17 bits per heavy atom. The molecule has 0 N–H and O–H groups in total. The zero-order valence-electron chi connectivity index (χ0n) is 14.0. The van der Waals surface area contributed by atoms with Crippen LogP contribution in [0.5, 0.6) is 5.75 Å². The highest BCUT2D eigenvalue weighted by Gasteiger charge is 2.18. The van der Waals surface area contributed by atoms with E-state index >= 15 is 0 Å². The Labute approximate surface area is 146 Å². The number of halogens is 3. The number of pyridine rings is 2. The van der Waals surface area contributed by atoms with Gasteiger partial charge in [-0.25, -0.2) is 18.7 Å². The zero-order valence-corrected chi connectivity index (χ0v) is 14.7. The van der Waals surface area contributed by atoms with Gasteiger partial charge in [0.25, 0.3) is 6.43 Å². The van der Waals surface area contributed by atoms with Crippen LogP contribution in [0.3, 0.4) is 0 Å². The molecule has 0 spiro atoms. The smallest absolute Gasteiger partial charge is 0.284 e. The van der Waals surface area contributed by atoms with Crippen LogP contribution in [0.2, 0.25) is 5.15 Å². The van der Waals surface area contributed by atoms with Crippen LogP contribution in [-0.4, -0.2) is 16.6 Å². The Morgan fingerprint density at radius 2 is 1.92 bits per heavy atom. The molecule has 0 aliphatic rings. The zero-order chi connectivity index (χ0) is 17.7. The molecular formula is C18H21ClF2N2O. The molecule has 2 aromatic rings. The van der Waals surface area contributed by atoms with Gasteiger partial charge < -0.3 is 4.74 Å². The highest BCUT2D eigenvalue weighted by molar-refractivity contribution is 6.29. The van der Waals surface area contributed by atoms with Crippen molar-refractivity contribution < 1.29 is 13.5 Å². The van der Waals surface area contributed by atoms with E-state index in [1.54, 1.807) is 24.3 Å². The maximum atomic E-state index is 13.4. The minimum Gasteiger partial charge on any atom is -0.491 e. The molecule has 1 atom stereocenters. The van der Waals surface area contributed by atoms with E-state index in [4.69, 9.17) is 16.3 Å². The van der Waals surface area contributed by atoms with Crippen molar-refractivity contribution in [3.8, 4) is 17.0 Å². The van der Waals surface area contributed by atoms with Gasteiger partial charge in [0, 0.05) is 11.8 Å². The summed E-state index contributed by atoms with van der Waals surface area (Å²) in [6.07, 6.45) is -0.220. The fourth-order valence-corrected chi connectivity index (χ4v) is 2.74. The van der Waals surface area contributed by atoms with E-state index < -0.39 is 6.43 Å². The summed E-state index contributed by atoms with van der Waals surface area (Å²) in [5, 5.41) is 0.288. The molecular weight excluding hydrogens is 334 g/mol. The first-order valence-electron chi connectivity index (χ1n) is 7.90. The topological polar surface area (TPSA) is 35.0 Å². The van der Waals surface area contributed by atoms with Crippen LogP contribution in [0.25, 0.3) is 11.3 Å². The van der Waals surface area contributed by atoms with E-state index in [9.17, 15) is 8.78 Å². The van der Waals surface area contributed by atoms with Gasteiger partial charge in [0.2, 0.25) is 0 Å². The SMILES string of the molecule is CC(C)C[C@H](C)COc1ccc(-c2ccnc(Cl)c2)nc1C(F)F. The third-order valence-corrected chi connectivity index (χ3v) is 3.72. The molecule has 2 rings (SSSR count). The van der Waals surface area contributed by atoms with Gasteiger partial charge in [-0.15, -0.1) is 0 Å². The maximum absolute atomic E-state index is 13.4. The van der Waals surface area contributed by atoms with Crippen molar-refractivity contribution in [1.82, 2.24) is 9.97 Å². The summed E-state index contributed by atoms with van der Waals surface area (Å²) in [6, 6.07) is 6.46. The lowest BCUT2D eigenvalue weighted by molar-refractivity contribution is 0.137. The van der Waals surface area contributed by atoms with Crippen molar-refractivity contribution in [3.63, 3.8) is 0 Å². The first-order chi connectivity index (χ1) is 11.4. The lowest BCUT2D eigenvalue weighted by atomic mass is 10.00. The quantitative estimate of drug-likeness (QED) is 0.590. The van der Waals surface area contributed by atoms with Crippen molar-refractivity contribution >= 4 is 11.6 Å². The molecule has 3 nitrogen and oxygen atoms in total. The molecule has 0 amide bonds. The van der Waals surface area contributed by atoms with Crippen LogP contribution in [-0.2, 0) is 0 Å². The fraction of sp³-hybridized carbons (Fsp3) is 0.444. The molecule has 2 heterocycles. The molecule has 0 saturated carbocycles. The second-order valence-corrected chi connectivity index (χ2v) is 6.68. The molecule has 0 saturated heterocycles. The van der Waals surface area contributed by atoms with Gasteiger partial charge in [0.05, 0.1) is 12.3 Å². The summed E-state index contributed by atoms with van der Waals surface area (Å²) >= 11 is 5.84. The lowest BCUT2D eigenvalue weighted by Gasteiger charge is -2.17. The third-order valence-electron chi connectivity index (χ3n) is 3.51. The predicted molar refractivity (Wildman–Crippen MR) is 91.5 cm³/mol. The Kier molecular flexibility index (Phi) is 6.49. The van der Waals surface area contributed by atoms with Gasteiger partial charge in [-0.2, -0.15) is 0 Å². The van der Waals surface area contributed by atoms with Crippen molar-refractivity contribution in [2.45, 2.75) is 33.6 Å². The van der Waals surface area contributed by atoms with E-state index in [0.29, 0.717) is 23.8 Å². The molecule has 6 heteroatoms. The van der Waals surface area contributed by atoms with Crippen LogP contribution in [0.15, 0.2) is 30.5 Å². The van der Waals surface area contributed by atoms with E-state index in [-0.39, 0.29) is 22.5 Å². The number of ether oxygens (including phenoxy) is 1. The number of hydrogen-bond acceptors (Lipinski definition) is 3. The highest BCUT2D eigenvalue weighted by atomic mass is 35.5. The van der Waals surface area contributed by atoms with Gasteiger partial charge in [0.15, 0.2) is 0 Å². The Hall–Kier alpha value is -1.75. The first-order valence-corrected chi connectivity index (χ1v) is 8.28. The molecule has 24 heavy (non-hydrogen) atoms. The number of aromatic nitrogens is 2. The molecule has 0 aromatic carbocycles. The standard InChI is InChI=1S/C18H21ClF2N2O/c1-11(2)8-12(3)10-24-15-5-4-14(23-17(15)18(20)21)13-6-7-22-16(19)9-13/h4-7,9,11-12,18H,8,10H2,1-3H3/t12-/m0/s1. The maximum Gasteiger partial charge on any atom is 0.284 e. The normalized spacial score (nSPS) is 12.7. The Balaban J connectivity index is 2.21. The van der Waals surface area contributed by atoms with Crippen LogP contribution >= 0.6 is 11.6 Å². The van der Waals surface area contributed by atoms with Crippen molar-refractivity contribution in [2.24, 2.45) is 11.8 Å². The number of rotatable bonds is 7. The molecule has 2 aromatic heterocycles. The summed E-state index contributed by atoms with van der Waals surface area (Å²) in [7, 11) is 0. The molecule has 0 unspecified atom stereocenters. The monoisotopic (exact) mass is 354 g/mol. The minimum atomic E-state index is -2.71. The summed E-state index contributed by atoms with van der Waals surface area (Å²) < 4.78 is 32.3. The summed E-state index contributed by atoms with van der Waals surface area (Å²) in [5.74, 6) is 0.953. The second kappa shape index (κ2) is 8.38. The number of alkyl halides is 2. The number of nitrogens with zero attached hydrogens (tertiary/aromatic N) is 2. The molecule has 0 radical (unpaired) electrons. The van der Waals surface area contributed by atoms with Gasteiger partial charge in [-0.3, -0.25) is 0 Å². The second-order valence-electron chi connectivity index (χ2n) is 6.29. The molecule has 130 valence electrons. The van der Waals surface area contributed by atoms with Crippen LogP contribution in [0, 0.1) is 11.8 Å². The average Bonchev–Trinajstić information content (AvgIpc) is 2.52. The minimum absolute atomic E-state index is 0.129. The summed E-state index contributed by atoms with van der Waals surface area (Å²) in [4.78, 5) is 7.94. The average molecular weight is 355 g/mol. The largest absolute Gasteiger partial charge is 0.491 e. The van der Waals surface area contributed by atoms with Crippen molar-refractivity contribution in [1.29, 1.82) is 0 Å². The van der Waals surface area contributed by atoms with Crippen LogP contribution < -0.4 is 4.74 Å². The van der Waals surface area contributed by atoms with Crippen molar-refractivity contribution in [2.75, 3.05) is 6.61 Å². The molecule has 0 aliphatic carbocycles. The molecule has 0 bridgehead atoms. The van der Waals surface area contributed by atoms with Crippen LogP contribution in [0.4, 0.5) is 8.78 Å². The molecule has 0 aliphatic heterocycles. The lowest BCUT2D eigenvalue weighted by Crippen LogP contribution is -2.12. The van der Waals surface area contributed by atoms with E-state index in [1.807, 2.05) is 6.92 Å². The van der Waals surface area contributed by atoms with Gasteiger partial charge in [0.1, 0.15) is 16.6 Å². The van der Waals surface area contributed by atoms with E-state index in [2.05, 4.69) is 23.8 Å². The van der Waals surface area contributed by atoms with Gasteiger partial charge in [-0.1, -0.05) is 32.4 Å². The van der Waals surface area contributed by atoms with E-state index in [0.717, 1.165) is 6.42 Å². The summed E-state index contributed by atoms with van der Waals surface area (Å²) in [5.41, 5.74) is 0.700. The predicted octanol–water partition coefficient (Wildman–Crippen LogP) is 5.80. The Bertz CT molecular complexity index is 680. The summed E-state index contributed by atoms with van der Waals surface area (Å²) in [6.45, 7) is 6.68. The van der Waals surface area contributed by atoms with Crippen LogP contribution in [0.1, 0.15) is 39.3 Å². The number of hydrogen-bond donors (Lipinski definition) is 0. The molecule has 0 fully saturated rings. The van der Waals surface area contributed by atoms with Gasteiger partial charge in [-0.05, 0) is 42.5 Å². The highest BCUT2D eigenvalue weighted by Crippen LogP contribution is 2.31. The van der Waals surface area contributed by atoms with Gasteiger partial charge >= 0.3 is 0 Å². The first kappa shape index (κ1) is 18.6. The van der Waals surface area contributed by atoms with Crippen molar-refractivity contribution in [3.05, 3.63) is 41.3 Å². The Morgan fingerprint density at radius 3 is 2.54 bits per heavy atom.